The van der Waals surface area contributed by atoms with Crippen molar-refractivity contribution >= 4 is 11.6 Å². The zero-order valence-corrected chi connectivity index (χ0v) is 16.5. The van der Waals surface area contributed by atoms with Gasteiger partial charge in [-0.25, -0.2) is 5.43 Å². The van der Waals surface area contributed by atoms with Crippen LogP contribution in [0.15, 0.2) is 41.5 Å². The highest BCUT2D eigenvalue weighted by atomic mass is 16.2. The van der Waals surface area contributed by atoms with Crippen molar-refractivity contribution in [2.75, 3.05) is 0 Å². The van der Waals surface area contributed by atoms with Crippen LogP contribution < -0.4 is 5.43 Å². The normalized spacial score (nSPS) is 21.0. The maximum Gasteiger partial charge on any atom is 0.273 e. The van der Waals surface area contributed by atoms with E-state index in [4.69, 9.17) is 0 Å². The standard InChI is InChI=1S/C22H29N3O/c1-15-11-18(14-22(4,5)13-15)23-24-21(26)20-12-16(2)25(17(20)3)19-9-7-6-8-10-19/h6-10,12,15H,11,13-14H2,1-5H3,(H,24,26)/t15-/m1/s1. The van der Waals surface area contributed by atoms with E-state index in [9.17, 15) is 4.79 Å². The minimum absolute atomic E-state index is 0.135. The van der Waals surface area contributed by atoms with Gasteiger partial charge in [0.05, 0.1) is 5.56 Å². The molecule has 0 aliphatic heterocycles. The van der Waals surface area contributed by atoms with Crippen molar-refractivity contribution in [2.45, 2.75) is 53.9 Å². The summed E-state index contributed by atoms with van der Waals surface area (Å²) < 4.78 is 2.11. The molecule has 0 radical (unpaired) electrons. The van der Waals surface area contributed by atoms with Gasteiger partial charge < -0.3 is 4.57 Å². The number of para-hydroxylation sites is 1. The molecule has 1 atom stereocenters. The van der Waals surface area contributed by atoms with Gasteiger partial charge in [-0.2, -0.15) is 5.10 Å². The summed E-state index contributed by atoms with van der Waals surface area (Å²) in [4.78, 5) is 12.7. The Labute approximate surface area is 156 Å². The largest absolute Gasteiger partial charge is 0.318 e. The summed E-state index contributed by atoms with van der Waals surface area (Å²) in [5, 5.41) is 4.47. The number of hydrogen-bond donors (Lipinski definition) is 1. The van der Waals surface area contributed by atoms with Gasteiger partial charge in [-0.05, 0) is 62.6 Å². The molecule has 1 N–H and O–H groups in total. The minimum Gasteiger partial charge on any atom is -0.318 e. The summed E-state index contributed by atoms with van der Waals surface area (Å²) >= 11 is 0. The SMILES string of the molecule is Cc1cc(C(=O)NN=C2C[C@@H](C)CC(C)(C)C2)c(C)n1-c1ccccc1. The fraction of sp³-hybridized carbons (Fsp3) is 0.455. The molecule has 1 aromatic heterocycles. The van der Waals surface area contributed by atoms with Gasteiger partial charge in [0, 0.05) is 22.8 Å². The van der Waals surface area contributed by atoms with E-state index in [0.29, 0.717) is 11.5 Å². The van der Waals surface area contributed by atoms with Crippen LogP contribution in [0.4, 0.5) is 0 Å². The lowest BCUT2D eigenvalue weighted by Gasteiger charge is -2.34. The van der Waals surface area contributed by atoms with Gasteiger partial charge in [-0.15, -0.1) is 0 Å². The first-order valence-corrected chi connectivity index (χ1v) is 9.37. The molecule has 0 spiro atoms. The van der Waals surface area contributed by atoms with Gasteiger partial charge in [-0.1, -0.05) is 39.0 Å². The molecular formula is C22H29N3O. The molecule has 4 heteroatoms. The number of aryl methyl sites for hydroxylation is 1. The quantitative estimate of drug-likeness (QED) is 0.775. The van der Waals surface area contributed by atoms with E-state index in [1.54, 1.807) is 0 Å². The Morgan fingerprint density at radius 1 is 1.23 bits per heavy atom. The van der Waals surface area contributed by atoms with Crippen LogP contribution in [-0.2, 0) is 0 Å². The lowest BCUT2D eigenvalue weighted by Crippen LogP contribution is -2.30. The number of benzene rings is 1. The van der Waals surface area contributed by atoms with Crippen LogP contribution in [-0.4, -0.2) is 16.2 Å². The van der Waals surface area contributed by atoms with Crippen molar-refractivity contribution in [3.05, 3.63) is 53.3 Å². The summed E-state index contributed by atoms with van der Waals surface area (Å²) in [5.74, 6) is 0.473. The molecule has 4 nitrogen and oxygen atoms in total. The van der Waals surface area contributed by atoms with E-state index >= 15 is 0 Å². The van der Waals surface area contributed by atoms with Crippen LogP contribution in [0, 0.1) is 25.2 Å². The van der Waals surface area contributed by atoms with Gasteiger partial charge in [0.1, 0.15) is 0 Å². The van der Waals surface area contributed by atoms with Crippen molar-refractivity contribution < 1.29 is 4.79 Å². The zero-order valence-electron chi connectivity index (χ0n) is 16.5. The Hall–Kier alpha value is -2.36. The topological polar surface area (TPSA) is 46.4 Å². The first kappa shape index (κ1) is 18.4. The van der Waals surface area contributed by atoms with Crippen molar-refractivity contribution in [3.63, 3.8) is 0 Å². The molecule has 0 saturated heterocycles. The molecule has 1 amide bonds. The number of aromatic nitrogens is 1. The predicted molar refractivity (Wildman–Crippen MR) is 107 cm³/mol. The van der Waals surface area contributed by atoms with E-state index in [0.717, 1.165) is 35.6 Å². The van der Waals surface area contributed by atoms with Crippen molar-refractivity contribution in [1.82, 2.24) is 9.99 Å². The Morgan fingerprint density at radius 2 is 1.92 bits per heavy atom. The van der Waals surface area contributed by atoms with E-state index < -0.39 is 0 Å². The van der Waals surface area contributed by atoms with E-state index in [1.807, 2.05) is 50.2 Å². The number of hydrogen-bond acceptors (Lipinski definition) is 2. The first-order valence-electron chi connectivity index (χ1n) is 9.37. The minimum atomic E-state index is -0.135. The summed E-state index contributed by atoms with van der Waals surface area (Å²) in [6.07, 6.45) is 3.12. The molecule has 26 heavy (non-hydrogen) atoms. The van der Waals surface area contributed by atoms with Crippen molar-refractivity contribution in [3.8, 4) is 5.69 Å². The van der Waals surface area contributed by atoms with Crippen LogP contribution >= 0.6 is 0 Å². The Balaban J connectivity index is 1.80. The molecule has 1 fully saturated rings. The van der Waals surface area contributed by atoms with Gasteiger partial charge in [0.25, 0.3) is 5.91 Å². The number of rotatable bonds is 3. The summed E-state index contributed by atoms with van der Waals surface area (Å²) in [6, 6.07) is 12.0. The predicted octanol–water partition coefficient (Wildman–Crippen LogP) is 5.03. The van der Waals surface area contributed by atoms with Crippen LogP contribution in [0.1, 0.15) is 61.8 Å². The molecule has 0 unspecified atom stereocenters. The van der Waals surface area contributed by atoms with E-state index in [-0.39, 0.29) is 11.3 Å². The molecule has 2 aromatic rings. The number of carbonyl (C=O) groups is 1. The zero-order chi connectivity index (χ0) is 18.9. The summed E-state index contributed by atoms with van der Waals surface area (Å²) in [7, 11) is 0. The van der Waals surface area contributed by atoms with Gasteiger partial charge >= 0.3 is 0 Å². The second-order valence-corrected chi connectivity index (χ2v) is 8.43. The number of nitrogens with one attached hydrogen (secondary N) is 1. The van der Waals surface area contributed by atoms with E-state index in [2.05, 4.69) is 35.9 Å². The second kappa shape index (κ2) is 7.10. The van der Waals surface area contributed by atoms with E-state index in [1.165, 1.54) is 6.42 Å². The smallest absolute Gasteiger partial charge is 0.273 e. The highest BCUT2D eigenvalue weighted by molar-refractivity contribution is 5.97. The highest BCUT2D eigenvalue weighted by Crippen LogP contribution is 2.36. The average molecular weight is 351 g/mol. The molecule has 3 rings (SSSR count). The Bertz CT molecular complexity index is 831. The molecule has 1 saturated carbocycles. The third-order valence-corrected chi connectivity index (χ3v) is 5.17. The van der Waals surface area contributed by atoms with Gasteiger partial charge in [-0.3, -0.25) is 4.79 Å². The second-order valence-electron chi connectivity index (χ2n) is 8.43. The molecule has 1 aromatic carbocycles. The van der Waals surface area contributed by atoms with Gasteiger partial charge in [0.2, 0.25) is 0 Å². The van der Waals surface area contributed by atoms with Gasteiger partial charge in [0.15, 0.2) is 0 Å². The van der Waals surface area contributed by atoms with Crippen LogP contribution in [0.3, 0.4) is 0 Å². The number of hydrazone groups is 1. The third kappa shape index (κ3) is 3.90. The number of carbonyl (C=O) groups excluding carboxylic acids is 1. The monoisotopic (exact) mass is 351 g/mol. The van der Waals surface area contributed by atoms with Crippen LogP contribution in [0.2, 0.25) is 0 Å². The lowest BCUT2D eigenvalue weighted by atomic mass is 9.72. The maximum absolute atomic E-state index is 12.7. The molecule has 1 aliphatic carbocycles. The van der Waals surface area contributed by atoms with Crippen molar-refractivity contribution in [2.24, 2.45) is 16.4 Å². The molecule has 1 aliphatic rings. The molecule has 0 bridgehead atoms. The fourth-order valence-corrected chi connectivity index (χ4v) is 4.36. The fourth-order valence-electron chi connectivity index (χ4n) is 4.36. The number of nitrogens with zero attached hydrogens (tertiary/aromatic N) is 2. The summed E-state index contributed by atoms with van der Waals surface area (Å²) in [6.45, 7) is 10.8. The van der Waals surface area contributed by atoms with Crippen LogP contribution in [0.25, 0.3) is 5.69 Å². The average Bonchev–Trinajstić information content (AvgIpc) is 2.86. The maximum atomic E-state index is 12.7. The van der Waals surface area contributed by atoms with Crippen molar-refractivity contribution in [1.29, 1.82) is 0 Å². The lowest BCUT2D eigenvalue weighted by molar-refractivity contribution is 0.0953. The third-order valence-electron chi connectivity index (χ3n) is 5.17. The highest BCUT2D eigenvalue weighted by Gasteiger charge is 2.29. The Kier molecular flexibility index (Phi) is 5.03. The first-order chi connectivity index (χ1) is 12.3. The molecule has 1 heterocycles. The van der Waals surface area contributed by atoms with Crippen LogP contribution in [0.5, 0.6) is 0 Å². The Morgan fingerprint density at radius 3 is 2.58 bits per heavy atom. The molecular weight excluding hydrogens is 322 g/mol. The summed E-state index contributed by atoms with van der Waals surface area (Å²) in [5.41, 5.74) is 7.87. The number of amides is 1. The molecule has 138 valence electrons.